The molecule has 0 radical (unpaired) electrons. The summed E-state index contributed by atoms with van der Waals surface area (Å²) in [5.41, 5.74) is 3.12. The predicted molar refractivity (Wildman–Crippen MR) is 95.2 cm³/mol. The average Bonchev–Trinajstić information content (AvgIpc) is 3.10. The quantitative estimate of drug-likeness (QED) is 0.503. The lowest BCUT2D eigenvalue weighted by Gasteiger charge is -2.01. The molecule has 26 heavy (non-hydrogen) atoms. The van der Waals surface area contributed by atoms with E-state index in [1.807, 2.05) is 36.5 Å². The maximum absolute atomic E-state index is 13.2. The fraction of sp³-hybridized carbons (Fsp3) is 0.105. The van der Waals surface area contributed by atoms with Gasteiger partial charge in [-0.05, 0) is 42.8 Å². The number of halogens is 1. The molecule has 0 unspecified atom stereocenters. The van der Waals surface area contributed by atoms with Crippen molar-refractivity contribution in [2.24, 2.45) is 0 Å². The number of fused-ring (bicyclic) bond motifs is 4. The molecule has 0 atom stereocenters. The van der Waals surface area contributed by atoms with E-state index in [0.717, 1.165) is 28.1 Å². The van der Waals surface area contributed by atoms with Crippen molar-refractivity contribution in [1.29, 1.82) is 0 Å². The molecule has 5 rings (SSSR count). The average molecular weight is 344 g/mol. The lowest BCUT2D eigenvalue weighted by Crippen LogP contribution is -1.98. The standard InChI is InChI=1S/C19H13FN6/c20-13-10-12-3-4-14(23-18(12)22-11-13)5-6-17-24-19-15-2-1-8-21-16(15)7-9-26(19)25-17/h1-4,7-11H,5-6H2. The maximum atomic E-state index is 13.2. The van der Waals surface area contributed by atoms with E-state index in [1.54, 1.807) is 10.7 Å². The van der Waals surface area contributed by atoms with Gasteiger partial charge in [0.2, 0.25) is 0 Å². The molecule has 0 saturated carbocycles. The highest BCUT2D eigenvalue weighted by Crippen LogP contribution is 2.17. The van der Waals surface area contributed by atoms with Gasteiger partial charge in [-0.3, -0.25) is 4.98 Å². The van der Waals surface area contributed by atoms with Crippen LogP contribution in [-0.2, 0) is 12.8 Å². The van der Waals surface area contributed by atoms with Crippen LogP contribution < -0.4 is 0 Å². The van der Waals surface area contributed by atoms with Gasteiger partial charge in [-0.25, -0.2) is 23.9 Å². The molecule has 0 saturated heterocycles. The largest absolute Gasteiger partial charge is 0.256 e. The van der Waals surface area contributed by atoms with Gasteiger partial charge in [0.25, 0.3) is 0 Å². The Kier molecular flexibility index (Phi) is 3.31. The van der Waals surface area contributed by atoms with Gasteiger partial charge in [0.1, 0.15) is 5.82 Å². The molecule has 0 aromatic carbocycles. The molecule has 0 aliphatic heterocycles. The van der Waals surface area contributed by atoms with E-state index >= 15 is 0 Å². The van der Waals surface area contributed by atoms with Crippen LogP contribution in [-0.4, -0.2) is 29.5 Å². The summed E-state index contributed by atoms with van der Waals surface area (Å²) >= 11 is 0. The normalized spacial score (nSPS) is 11.6. The third-order valence-electron chi connectivity index (χ3n) is 4.30. The Morgan fingerprint density at radius 3 is 2.92 bits per heavy atom. The first kappa shape index (κ1) is 14.8. The summed E-state index contributed by atoms with van der Waals surface area (Å²) in [4.78, 5) is 17.5. The van der Waals surface area contributed by atoms with Crippen LogP contribution in [0.2, 0.25) is 0 Å². The molecular formula is C19H13FN6. The molecule has 7 heteroatoms. The Morgan fingerprint density at radius 2 is 1.96 bits per heavy atom. The molecule has 6 nitrogen and oxygen atoms in total. The minimum absolute atomic E-state index is 0.359. The number of aryl methyl sites for hydroxylation is 2. The molecule has 0 aliphatic rings. The minimum Gasteiger partial charge on any atom is -0.256 e. The first-order valence-electron chi connectivity index (χ1n) is 8.26. The van der Waals surface area contributed by atoms with Crippen LogP contribution in [0, 0.1) is 5.82 Å². The highest BCUT2D eigenvalue weighted by Gasteiger charge is 2.09. The number of aromatic nitrogens is 6. The molecule has 0 bridgehead atoms. The summed E-state index contributed by atoms with van der Waals surface area (Å²) < 4.78 is 15.0. The van der Waals surface area contributed by atoms with Crippen LogP contribution in [0.1, 0.15) is 11.5 Å². The van der Waals surface area contributed by atoms with Gasteiger partial charge in [0, 0.05) is 35.3 Å². The summed E-state index contributed by atoms with van der Waals surface area (Å²) in [5, 5.41) is 6.21. The van der Waals surface area contributed by atoms with Crippen molar-refractivity contribution in [1.82, 2.24) is 29.5 Å². The van der Waals surface area contributed by atoms with E-state index in [4.69, 9.17) is 0 Å². The minimum atomic E-state index is -0.359. The third kappa shape index (κ3) is 2.54. The van der Waals surface area contributed by atoms with Crippen molar-refractivity contribution in [2.75, 3.05) is 0 Å². The Hall–Kier alpha value is -3.48. The number of rotatable bonds is 3. The maximum Gasteiger partial charge on any atom is 0.164 e. The first-order valence-corrected chi connectivity index (χ1v) is 8.26. The van der Waals surface area contributed by atoms with E-state index in [9.17, 15) is 4.39 Å². The lowest BCUT2D eigenvalue weighted by molar-refractivity contribution is 0.624. The summed E-state index contributed by atoms with van der Waals surface area (Å²) in [6.07, 6.45) is 6.16. The molecule has 5 heterocycles. The van der Waals surface area contributed by atoms with E-state index in [1.165, 1.54) is 12.3 Å². The molecule has 0 fully saturated rings. The van der Waals surface area contributed by atoms with E-state index in [2.05, 4.69) is 25.0 Å². The van der Waals surface area contributed by atoms with Crippen LogP contribution in [0.15, 0.2) is 55.0 Å². The first-order chi connectivity index (χ1) is 12.8. The van der Waals surface area contributed by atoms with Crippen molar-refractivity contribution < 1.29 is 4.39 Å². The highest BCUT2D eigenvalue weighted by atomic mass is 19.1. The van der Waals surface area contributed by atoms with Gasteiger partial charge in [0.05, 0.1) is 11.7 Å². The van der Waals surface area contributed by atoms with Crippen LogP contribution >= 0.6 is 0 Å². The Morgan fingerprint density at radius 1 is 1.00 bits per heavy atom. The van der Waals surface area contributed by atoms with Crippen molar-refractivity contribution >= 4 is 27.6 Å². The second-order valence-electron chi connectivity index (χ2n) is 6.05. The molecule has 126 valence electrons. The van der Waals surface area contributed by atoms with E-state index < -0.39 is 0 Å². The van der Waals surface area contributed by atoms with Crippen LogP contribution in [0.4, 0.5) is 4.39 Å². The molecule has 0 spiro atoms. The van der Waals surface area contributed by atoms with Gasteiger partial charge in [0.15, 0.2) is 17.1 Å². The van der Waals surface area contributed by atoms with E-state index in [-0.39, 0.29) is 5.82 Å². The van der Waals surface area contributed by atoms with Gasteiger partial charge in [-0.2, -0.15) is 5.10 Å². The SMILES string of the molecule is Fc1cnc2nc(CCc3nc4c5cccnc5ccn4n3)ccc2c1. The number of hydrogen-bond donors (Lipinski definition) is 0. The predicted octanol–water partition coefficient (Wildman–Crippen LogP) is 3.15. The Balaban J connectivity index is 1.44. The number of pyridine rings is 4. The lowest BCUT2D eigenvalue weighted by atomic mass is 10.2. The van der Waals surface area contributed by atoms with Crippen LogP contribution in [0.5, 0.6) is 0 Å². The second-order valence-corrected chi connectivity index (χ2v) is 6.05. The van der Waals surface area contributed by atoms with Gasteiger partial charge in [-0.1, -0.05) is 0 Å². The Labute approximate surface area is 147 Å². The summed E-state index contributed by atoms with van der Waals surface area (Å²) in [7, 11) is 0. The van der Waals surface area contributed by atoms with Crippen LogP contribution in [0.3, 0.4) is 0 Å². The highest BCUT2D eigenvalue weighted by molar-refractivity contribution is 5.90. The van der Waals surface area contributed by atoms with E-state index in [0.29, 0.717) is 23.9 Å². The van der Waals surface area contributed by atoms with Crippen LogP contribution in [0.25, 0.3) is 27.6 Å². The zero-order valence-corrected chi connectivity index (χ0v) is 13.7. The molecule has 5 aromatic rings. The number of hydrogen-bond acceptors (Lipinski definition) is 5. The summed E-state index contributed by atoms with van der Waals surface area (Å²) in [6, 6.07) is 11.0. The molecule has 5 aromatic heterocycles. The fourth-order valence-corrected chi connectivity index (χ4v) is 3.04. The smallest absolute Gasteiger partial charge is 0.164 e. The van der Waals surface area contributed by atoms with Gasteiger partial charge >= 0.3 is 0 Å². The summed E-state index contributed by atoms with van der Waals surface area (Å²) in [5.74, 6) is 0.387. The fourth-order valence-electron chi connectivity index (χ4n) is 3.04. The zero-order chi connectivity index (χ0) is 17.5. The second kappa shape index (κ2) is 5.80. The third-order valence-corrected chi connectivity index (χ3v) is 4.30. The molecular weight excluding hydrogens is 331 g/mol. The molecule has 0 aliphatic carbocycles. The topological polar surface area (TPSA) is 68.9 Å². The monoisotopic (exact) mass is 344 g/mol. The summed E-state index contributed by atoms with van der Waals surface area (Å²) in [6.45, 7) is 0. The zero-order valence-electron chi connectivity index (χ0n) is 13.7. The van der Waals surface area contributed by atoms with Crippen molar-refractivity contribution in [3.63, 3.8) is 0 Å². The van der Waals surface area contributed by atoms with Gasteiger partial charge < -0.3 is 0 Å². The molecule has 0 amide bonds. The van der Waals surface area contributed by atoms with Crippen molar-refractivity contribution in [3.05, 3.63) is 72.3 Å². The van der Waals surface area contributed by atoms with Gasteiger partial charge in [-0.15, -0.1) is 0 Å². The van der Waals surface area contributed by atoms with Crippen molar-refractivity contribution in [3.8, 4) is 0 Å². The number of nitrogens with zero attached hydrogens (tertiary/aromatic N) is 6. The van der Waals surface area contributed by atoms with Crippen molar-refractivity contribution in [2.45, 2.75) is 12.8 Å². The molecule has 0 N–H and O–H groups in total. The Bertz CT molecular complexity index is 1260.